The molecule has 0 fully saturated rings. The molecule has 0 aliphatic heterocycles. The van der Waals surface area contributed by atoms with Crippen LogP contribution in [0.2, 0.25) is 0 Å². The summed E-state index contributed by atoms with van der Waals surface area (Å²) >= 11 is 1.32. The molecule has 0 saturated heterocycles. The van der Waals surface area contributed by atoms with Crippen LogP contribution in [-0.2, 0) is 16.0 Å². The van der Waals surface area contributed by atoms with Gasteiger partial charge < -0.3 is 19.7 Å². The zero-order valence-corrected chi connectivity index (χ0v) is 20.1. The molecule has 0 atom stereocenters. The van der Waals surface area contributed by atoms with Crippen LogP contribution >= 0.6 is 11.3 Å². The van der Waals surface area contributed by atoms with Crippen LogP contribution in [0.15, 0.2) is 42.5 Å². The monoisotopic (exact) mass is 468 g/mol. The summed E-state index contributed by atoms with van der Waals surface area (Å²) in [5.41, 5.74) is 3.11. The molecule has 1 aromatic heterocycles. The van der Waals surface area contributed by atoms with Crippen LogP contribution in [0.5, 0.6) is 11.5 Å². The van der Waals surface area contributed by atoms with Crippen molar-refractivity contribution in [1.29, 1.82) is 0 Å². The number of anilines is 1. The molecular formula is C24H28N4O4S. The molecular weight excluding hydrogens is 440 g/mol. The van der Waals surface area contributed by atoms with Gasteiger partial charge in [0.15, 0.2) is 11.5 Å². The van der Waals surface area contributed by atoms with Crippen molar-refractivity contribution in [3.63, 3.8) is 0 Å². The number of rotatable bonds is 10. The van der Waals surface area contributed by atoms with E-state index in [0.29, 0.717) is 36.1 Å². The first-order chi connectivity index (χ1) is 15.9. The van der Waals surface area contributed by atoms with Crippen molar-refractivity contribution in [2.24, 2.45) is 0 Å². The molecule has 2 aromatic carbocycles. The minimum absolute atomic E-state index is 0.0825. The van der Waals surface area contributed by atoms with Gasteiger partial charge in [0.05, 0.1) is 14.2 Å². The second-order valence-corrected chi connectivity index (χ2v) is 8.50. The predicted octanol–water partition coefficient (Wildman–Crippen LogP) is 3.95. The highest BCUT2D eigenvalue weighted by Gasteiger charge is 2.14. The van der Waals surface area contributed by atoms with Gasteiger partial charge in [0.1, 0.15) is 5.01 Å². The molecule has 0 radical (unpaired) electrons. The van der Waals surface area contributed by atoms with Gasteiger partial charge in [0, 0.05) is 32.0 Å². The molecule has 0 spiro atoms. The third-order valence-corrected chi connectivity index (χ3v) is 6.00. The van der Waals surface area contributed by atoms with Crippen LogP contribution in [-0.4, -0.2) is 54.2 Å². The van der Waals surface area contributed by atoms with E-state index in [-0.39, 0.29) is 18.2 Å². The second kappa shape index (κ2) is 11.4. The van der Waals surface area contributed by atoms with E-state index in [1.807, 2.05) is 49.4 Å². The molecule has 33 heavy (non-hydrogen) atoms. The van der Waals surface area contributed by atoms with Crippen LogP contribution < -0.4 is 14.8 Å². The molecule has 0 bridgehead atoms. The van der Waals surface area contributed by atoms with Gasteiger partial charge in [-0.1, -0.05) is 41.2 Å². The van der Waals surface area contributed by atoms with Gasteiger partial charge in [-0.2, -0.15) is 0 Å². The van der Waals surface area contributed by atoms with Crippen LogP contribution in [0.1, 0.15) is 24.5 Å². The summed E-state index contributed by atoms with van der Waals surface area (Å²) in [5, 5.41) is 12.2. The number of ether oxygens (including phenoxy) is 2. The summed E-state index contributed by atoms with van der Waals surface area (Å²) in [6.07, 6.45) is 0.808. The summed E-state index contributed by atoms with van der Waals surface area (Å²) < 4.78 is 10.6. The normalized spacial score (nSPS) is 10.5. The minimum atomic E-state index is -0.209. The van der Waals surface area contributed by atoms with Gasteiger partial charge >= 0.3 is 0 Å². The van der Waals surface area contributed by atoms with Crippen molar-refractivity contribution in [3.05, 3.63) is 53.6 Å². The van der Waals surface area contributed by atoms with Gasteiger partial charge in [-0.15, -0.1) is 10.2 Å². The molecule has 1 heterocycles. The fourth-order valence-electron chi connectivity index (χ4n) is 3.31. The maximum absolute atomic E-state index is 12.4. The van der Waals surface area contributed by atoms with Crippen molar-refractivity contribution in [2.45, 2.75) is 26.7 Å². The first kappa shape index (κ1) is 24.2. The van der Waals surface area contributed by atoms with E-state index in [0.717, 1.165) is 21.7 Å². The third-order valence-electron chi connectivity index (χ3n) is 5.11. The highest BCUT2D eigenvalue weighted by atomic mass is 32.1. The molecule has 3 rings (SSSR count). The number of aryl methyl sites for hydroxylation is 1. The average Bonchev–Trinajstić information content (AvgIpc) is 3.27. The van der Waals surface area contributed by atoms with Gasteiger partial charge in [0.25, 0.3) is 0 Å². The summed E-state index contributed by atoms with van der Waals surface area (Å²) in [6.45, 7) is 4.33. The fourth-order valence-corrected chi connectivity index (χ4v) is 4.07. The number of aromatic nitrogens is 2. The van der Waals surface area contributed by atoms with Crippen molar-refractivity contribution in [2.75, 3.05) is 32.6 Å². The van der Waals surface area contributed by atoms with Crippen LogP contribution in [0.25, 0.3) is 10.6 Å². The quantitative estimate of drug-likeness (QED) is 0.484. The largest absolute Gasteiger partial charge is 0.493 e. The smallest absolute Gasteiger partial charge is 0.227 e. The Hall–Kier alpha value is -3.46. The summed E-state index contributed by atoms with van der Waals surface area (Å²) in [4.78, 5) is 26.2. The maximum atomic E-state index is 12.4. The van der Waals surface area contributed by atoms with Crippen molar-refractivity contribution < 1.29 is 19.1 Å². The second-order valence-electron chi connectivity index (χ2n) is 7.53. The molecule has 0 saturated carbocycles. The zero-order chi connectivity index (χ0) is 23.8. The average molecular weight is 469 g/mol. The summed E-state index contributed by atoms with van der Waals surface area (Å²) in [7, 11) is 3.18. The molecule has 1 N–H and O–H groups in total. The highest BCUT2D eigenvalue weighted by Crippen LogP contribution is 2.28. The van der Waals surface area contributed by atoms with Gasteiger partial charge in [-0.25, -0.2) is 0 Å². The lowest BCUT2D eigenvalue weighted by atomic mass is 10.1. The van der Waals surface area contributed by atoms with Crippen LogP contribution in [0.4, 0.5) is 5.13 Å². The number of nitrogens with one attached hydrogen (secondary N) is 1. The number of nitrogens with zero attached hydrogens (tertiary/aromatic N) is 3. The van der Waals surface area contributed by atoms with E-state index in [2.05, 4.69) is 15.5 Å². The summed E-state index contributed by atoms with van der Waals surface area (Å²) in [6, 6.07) is 13.6. The lowest BCUT2D eigenvalue weighted by Crippen LogP contribution is -2.33. The number of hydrogen-bond acceptors (Lipinski definition) is 7. The Morgan fingerprint density at radius 1 is 1.03 bits per heavy atom. The van der Waals surface area contributed by atoms with E-state index in [4.69, 9.17) is 9.47 Å². The molecule has 2 amide bonds. The molecule has 0 aliphatic rings. The molecule has 174 valence electrons. The number of carbonyl (C=O) groups excluding carboxylic acids is 2. The molecule has 0 unspecified atom stereocenters. The number of carbonyl (C=O) groups is 2. The highest BCUT2D eigenvalue weighted by molar-refractivity contribution is 7.18. The Balaban J connectivity index is 1.53. The Morgan fingerprint density at radius 3 is 2.52 bits per heavy atom. The van der Waals surface area contributed by atoms with Crippen molar-refractivity contribution >= 4 is 28.3 Å². The lowest BCUT2D eigenvalue weighted by molar-refractivity contribution is -0.129. The maximum Gasteiger partial charge on any atom is 0.227 e. The SMILES string of the molecule is COc1ccc(CCN(CCC(=O)Nc2nnc(-c3cccc(C)c3)s2)C(C)=O)cc1OC. The van der Waals surface area contributed by atoms with E-state index < -0.39 is 0 Å². The third kappa shape index (κ3) is 6.76. The van der Waals surface area contributed by atoms with E-state index >= 15 is 0 Å². The first-order valence-electron chi connectivity index (χ1n) is 10.6. The Bertz CT molecular complexity index is 1120. The Labute approximate surface area is 197 Å². The van der Waals surface area contributed by atoms with Gasteiger partial charge in [-0.05, 0) is 37.1 Å². The molecule has 9 heteroatoms. The Morgan fingerprint density at radius 2 is 1.82 bits per heavy atom. The van der Waals surface area contributed by atoms with Crippen molar-refractivity contribution in [3.8, 4) is 22.1 Å². The number of hydrogen-bond donors (Lipinski definition) is 1. The number of amides is 2. The topological polar surface area (TPSA) is 93.6 Å². The zero-order valence-electron chi connectivity index (χ0n) is 19.3. The van der Waals surface area contributed by atoms with Crippen LogP contribution in [0.3, 0.4) is 0 Å². The number of methoxy groups -OCH3 is 2. The predicted molar refractivity (Wildman–Crippen MR) is 129 cm³/mol. The standard InChI is InChI=1S/C24H28N4O4S/c1-16-6-5-7-19(14-16)23-26-27-24(33-23)25-22(30)11-13-28(17(2)29)12-10-18-8-9-20(31-3)21(15-18)32-4/h5-9,14-15H,10-13H2,1-4H3,(H,25,27,30). The molecule has 8 nitrogen and oxygen atoms in total. The lowest BCUT2D eigenvalue weighted by Gasteiger charge is -2.21. The number of benzene rings is 2. The summed E-state index contributed by atoms with van der Waals surface area (Å²) in [5.74, 6) is 1.01. The molecule has 3 aromatic rings. The van der Waals surface area contributed by atoms with E-state index in [1.165, 1.54) is 18.3 Å². The van der Waals surface area contributed by atoms with Gasteiger partial charge in [-0.3, -0.25) is 9.59 Å². The van der Waals surface area contributed by atoms with E-state index in [9.17, 15) is 9.59 Å². The Kier molecular flexibility index (Phi) is 8.37. The minimum Gasteiger partial charge on any atom is -0.493 e. The van der Waals surface area contributed by atoms with Crippen molar-refractivity contribution in [1.82, 2.24) is 15.1 Å². The van der Waals surface area contributed by atoms with E-state index in [1.54, 1.807) is 19.1 Å². The van der Waals surface area contributed by atoms with Crippen LogP contribution in [0, 0.1) is 6.92 Å². The first-order valence-corrected chi connectivity index (χ1v) is 11.4. The fraction of sp³-hybridized carbons (Fsp3) is 0.333. The molecule has 0 aliphatic carbocycles. The van der Waals surface area contributed by atoms with Gasteiger partial charge in [0.2, 0.25) is 16.9 Å².